The monoisotopic (exact) mass is 330 g/mol. The fourth-order valence-electron chi connectivity index (χ4n) is 2.47. The van der Waals surface area contributed by atoms with Crippen LogP contribution in [0.3, 0.4) is 0 Å². The van der Waals surface area contributed by atoms with E-state index in [1.54, 1.807) is 16.8 Å². The number of piperazine rings is 1. The highest BCUT2D eigenvalue weighted by Crippen LogP contribution is 2.03. The van der Waals surface area contributed by atoms with Gasteiger partial charge in [-0.3, -0.25) is 14.5 Å². The second kappa shape index (κ2) is 10.0. The van der Waals surface area contributed by atoms with Gasteiger partial charge in [0, 0.05) is 32.7 Å². The molecule has 1 aliphatic rings. The molecular formula is C14H26N4O5. The number of carboxylic acids is 2. The molecule has 0 radical (unpaired) electrons. The van der Waals surface area contributed by atoms with Gasteiger partial charge in [-0.25, -0.2) is 4.79 Å². The summed E-state index contributed by atoms with van der Waals surface area (Å²) in [5.74, 6) is -1.72. The number of nitrogens with one attached hydrogen (secondary N) is 2. The summed E-state index contributed by atoms with van der Waals surface area (Å²) in [4.78, 5) is 36.9. The summed E-state index contributed by atoms with van der Waals surface area (Å²) in [6.45, 7) is 2.65. The fraction of sp³-hybridized carbons (Fsp3) is 0.786. The van der Waals surface area contributed by atoms with Crippen LogP contribution in [0.15, 0.2) is 0 Å². The van der Waals surface area contributed by atoms with E-state index in [9.17, 15) is 14.4 Å². The first-order valence-electron chi connectivity index (χ1n) is 7.81. The molecule has 0 aromatic heterocycles. The summed E-state index contributed by atoms with van der Waals surface area (Å²) < 4.78 is 0. The molecule has 0 aromatic carbocycles. The van der Waals surface area contributed by atoms with Gasteiger partial charge in [-0.05, 0) is 26.3 Å². The fourth-order valence-corrected chi connectivity index (χ4v) is 2.47. The number of carbonyl (C=O) groups is 3. The summed E-state index contributed by atoms with van der Waals surface area (Å²) in [7, 11) is 1.62. The van der Waals surface area contributed by atoms with E-state index in [1.807, 2.05) is 0 Å². The molecule has 0 aliphatic carbocycles. The molecule has 0 bridgehead atoms. The van der Waals surface area contributed by atoms with E-state index < -0.39 is 18.0 Å². The van der Waals surface area contributed by atoms with Crippen molar-refractivity contribution in [3.8, 4) is 0 Å². The van der Waals surface area contributed by atoms with Crippen LogP contribution >= 0.6 is 0 Å². The number of aliphatic carboxylic acids is 2. The van der Waals surface area contributed by atoms with Gasteiger partial charge in [-0.2, -0.15) is 0 Å². The average molecular weight is 330 g/mol. The standard InChI is InChI=1S/C14H26N4O5/c1-15-11(13(21)22)4-2-3-5-16-14(23)18-8-6-17(7-9-18)10-12(19)20/h11,15H,2-10H2,1H3,(H,16,23)(H,19,20)(H,21,22)/t11-/m0/s1. The van der Waals surface area contributed by atoms with E-state index in [-0.39, 0.29) is 12.6 Å². The van der Waals surface area contributed by atoms with Crippen LogP contribution in [0.4, 0.5) is 4.79 Å². The van der Waals surface area contributed by atoms with Gasteiger partial charge < -0.3 is 25.7 Å². The molecular weight excluding hydrogens is 304 g/mol. The van der Waals surface area contributed by atoms with Gasteiger partial charge in [0.2, 0.25) is 0 Å². The largest absolute Gasteiger partial charge is 0.480 e. The summed E-state index contributed by atoms with van der Waals surface area (Å²) in [5, 5.41) is 23.1. The van der Waals surface area contributed by atoms with Crippen LogP contribution in [0.2, 0.25) is 0 Å². The summed E-state index contributed by atoms with van der Waals surface area (Å²) in [5.41, 5.74) is 0. The highest BCUT2D eigenvalue weighted by atomic mass is 16.4. The minimum Gasteiger partial charge on any atom is -0.480 e. The van der Waals surface area contributed by atoms with Gasteiger partial charge in [0.15, 0.2) is 0 Å². The predicted molar refractivity (Wildman–Crippen MR) is 83.4 cm³/mol. The van der Waals surface area contributed by atoms with Gasteiger partial charge >= 0.3 is 18.0 Å². The number of urea groups is 1. The van der Waals surface area contributed by atoms with Gasteiger partial charge in [0.05, 0.1) is 6.54 Å². The van der Waals surface area contributed by atoms with Crippen molar-refractivity contribution in [1.82, 2.24) is 20.4 Å². The SMILES string of the molecule is CN[C@@H](CCCCNC(=O)N1CCN(CC(=O)O)CC1)C(=O)O. The Morgan fingerprint density at radius 1 is 1.09 bits per heavy atom. The number of hydrogen-bond donors (Lipinski definition) is 4. The van der Waals surface area contributed by atoms with Crippen LogP contribution in [0, 0.1) is 0 Å². The Hall–Kier alpha value is -1.87. The first-order valence-corrected chi connectivity index (χ1v) is 7.81. The topological polar surface area (TPSA) is 122 Å². The molecule has 23 heavy (non-hydrogen) atoms. The van der Waals surface area contributed by atoms with Crippen molar-refractivity contribution in [1.29, 1.82) is 0 Å². The van der Waals surface area contributed by atoms with Crippen molar-refractivity contribution in [2.75, 3.05) is 46.3 Å². The lowest BCUT2D eigenvalue weighted by atomic mass is 10.1. The lowest BCUT2D eigenvalue weighted by molar-refractivity contribution is -0.140. The molecule has 1 atom stereocenters. The smallest absolute Gasteiger partial charge is 0.320 e. The number of amides is 2. The lowest BCUT2D eigenvalue weighted by Crippen LogP contribution is -2.52. The number of hydrogen-bond acceptors (Lipinski definition) is 5. The Morgan fingerprint density at radius 2 is 1.74 bits per heavy atom. The number of carbonyl (C=O) groups excluding carboxylic acids is 1. The first-order chi connectivity index (χ1) is 10.9. The number of likely N-dealkylation sites (N-methyl/N-ethyl adjacent to an activating group) is 1. The van der Waals surface area contributed by atoms with Crippen molar-refractivity contribution < 1.29 is 24.6 Å². The van der Waals surface area contributed by atoms with Crippen LogP contribution in [-0.4, -0.2) is 90.3 Å². The molecule has 4 N–H and O–H groups in total. The highest BCUT2D eigenvalue weighted by molar-refractivity contribution is 5.74. The Balaban J connectivity index is 2.13. The molecule has 0 aromatic rings. The molecule has 9 nitrogen and oxygen atoms in total. The lowest BCUT2D eigenvalue weighted by Gasteiger charge is -2.33. The summed E-state index contributed by atoms with van der Waals surface area (Å²) >= 11 is 0. The Morgan fingerprint density at radius 3 is 2.26 bits per heavy atom. The maximum absolute atomic E-state index is 12.0. The zero-order valence-electron chi connectivity index (χ0n) is 13.5. The second-order valence-corrected chi connectivity index (χ2v) is 5.56. The van der Waals surface area contributed by atoms with E-state index in [0.29, 0.717) is 45.6 Å². The van der Waals surface area contributed by atoms with E-state index >= 15 is 0 Å². The molecule has 1 heterocycles. The van der Waals surface area contributed by atoms with Gasteiger partial charge in [0.1, 0.15) is 6.04 Å². The van der Waals surface area contributed by atoms with Crippen LogP contribution < -0.4 is 10.6 Å². The van der Waals surface area contributed by atoms with Crippen LogP contribution in [-0.2, 0) is 9.59 Å². The zero-order chi connectivity index (χ0) is 17.2. The van der Waals surface area contributed by atoms with Crippen molar-refractivity contribution in [3.63, 3.8) is 0 Å². The van der Waals surface area contributed by atoms with Gasteiger partial charge in [0.25, 0.3) is 0 Å². The maximum Gasteiger partial charge on any atom is 0.320 e. The third kappa shape index (κ3) is 7.29. The summed E-state index contributed by atoms with van der Waals surface area (Å²) in [6, 6.07) is -0.698. The van der Waals surface area contributed by atoms with E-state index in [0.717, 1.165) is 6.42 Å². The van der Waals surface area contributed by atoms with E-state index in [1.165, 1.54) is 0 Å². The summed E-state index contributed by atoms with van der Waals surface area (Å²) in [6.07, 6.45) is 1.95. The van der Waals surface area contributed by atoms with Gasteiger partial charge in [-0.1, -0.05) is 0 Å². The molecule has 132 valence electrons. The molecule has 0 unspecified atom stereocenters. The Labute approximate surface area is 135 Å². The average Bonchev–Trinajstić information content (AvgIpc) is 2.50. The minimum absolute atomic E-state index is 0.00562. The second-order valence-electron chi connectivity index (χ2n) is 5.56. The Kier molecular flexibility index (Phi) is 8.35. The number of carboxylic acid groups (broad SMARTS) is 2. The predicted octanol–water partition coefficient (Wildman–Crippen LogP) is -0.759. The third-order valence-electron chi connectivity index (χ3n) is 3.86. The molecule has 2 amide bonds. The number of rotatable bonds is 9. The molecule has 1 saturated heterocycles. The van der Waals surface area contributed by atoms with Crippen molar-refractivity contribution in [3.05, 3.63) is 0 Å². The van der Waals surface area contributed by atoms with Crippen molar-refractivity contribution in [2.24, 2.45) is 0 Å². The minimum atomic E-state index is -0.865. The Bertz CT molecular complexity index is 410. The third-order valence-corrected chi connectivity index (χ3v) is 3.86. The molecule has 0 saturated carbocycles. The van der Waals surface area contributed by atoms with E-state index in [4.69, 9.17) is 10.2 Å². The first kappa shape index (κ1) is 19.2. The van der Waals surface area contributed by atoms with Crippen molar-refractivity contribution >= 4 is 18.0 Å². The quantitative estimate of drug-likeness (QED) is 0.410. The molecule has 0 spiro atoms. The van der Waals surface area contributed by atoms with Crippen molar-refractivity contribution in [2.45, 2.75) is 25.3 Å². The van der Waals surface area contributed by atoms with Crippen LogP contribution in [0.25, 0.3) is 0 Å². The van der Waals surface area contributed by atoms with Crippen LogP contribution in [0.5, 0.6) is 0 Å². The molecule has 1 rings (SSSR count). The maximum atomic E-state index is 12.0. The van der Waals surface area contributed by atoms with Gasteiger partial charge in [-0.15, -0.1) is 0 Å². The number of unbranched alkanes of at least 4 members (excludes halogenated alkanes) is 1. The van der Waals surface area contributed by atoms with E-state index in [2.05, 4.69) is 10.6 Å². The van der Waals surface area contributed by atoms with Crippen LogP contribution in [0.1, 0.15) is 19.3 Å². The zero-order valence-corrected chi connectivity index (χ0v) is 13.5. The molecule has 1 aliphatic heterocycles. The molecule has 1 fully saturated rings. The number of nitrogens with zero attached hydrogens (tertiary/aromatic N) is 2. The molecule has 9 heteroatoms. The normalized spacial score (nSPS) is 16.8. The highest BCUT2D eigenvalue weighted by Gasteiger charge is 2.21.